The van der Waals surface area contributed by atoms with E-state index in [1.807, 2.05) is 0 Å². The van der Waals surface area contributed by atoms with Crippen LogP contribution in [0.1, 0.15) is 102 Å². The molecule has 1 aromatic carbocycles. The fourth-order valence-electron chi connectivity index (χ4n) is 10.9. The van der Waals surface area contributed by atoms with Crippen molar-refractivity contribution in [2.24, 2.45) is 22.2 Å². The normalized spacial score (nSPS) is 25.2. The van der Waals surface area contributed by atoms with Gasteiger partial charge in [0, 0.05) is 62.5 Å². The number of nitrogens with one attached hydrogen (secondary N) is 1. The Morgan fingerprint density at radius 1 is 0.882 bits per heavy atom. The van der Waals surface area contributed by atoms with Gasteiger partial charge in [0.15, 0.2) is 0 Å². The highest BCUT2D eigenvalue weighted by Crippen LogP contribution is 2.60. The van der Waals surface area contributed by atoms with Crippen LogP contribution in [-0.2, 0) is 36.6 Å². The van der Waals surface area contributed by atoms with E-state index >= 15 is 0 Å². The summed E-state index contributed by atoms with van der Waals surface area (Å²) >= 11 is 0. The smallest absolute Gasteiger partial charge is 0.416 e. The maximum absolute atomic E-state index is 14.8. The lowest BCUT2D eigenvalue weighted by atomic mass is 9.70. The molecular weight excluding hydrogens is 905 g/mol. The van der Waals surface area contributed by atoms with E-state index in [1.54, 1.807) is 17.9 Å². The first-order valence-electron chi connectivity index (χ1n) is 23.0. The standard InChI is InChI=1S/C47H53F6N7O8/c1-28(67-26-43-12-8-34(9-13-43)68-27-43)37(40(63)57-16-10-30(11-17-57)31-4-7-36(41(64)65)54-18-31)56-38(61)35-22-58(23-44(35)24-59(25-44)42(66)45(14-15-45)47(51,52)53)39(62)32-19-55-60(21-32)20-29-2-5-33(6-3-29)46(48,49)50/h2-7,18-19,21,28,30,34-35,37H,8-17,20,22-27H2,1H3,(H,56,61)(H,64,65)/t28-,34?,35+,37+,43?/m1/s1. The molecule has 10 rings (SSSR count). The van der Waals surface area contributed by atoms with Crippen molar-refractivity contribution < 1.29 is 64.9 Å². The summed E-state index contributed by atoms with van der Waals surface area (Å²) in [6.07, 6.45) is -1.75. The molecule has 366 valence electrons. The Bertz CT molecular complexity index is 2390. The van der Waals surface area contributed by atoms with Crippen molar-refractivity contribution in [2.45, 2.75) is 101 Å². The molecular formula is C47H53F6N7O8. The zero-order valence-corrected chi connectivity index (χ0v) is 37.4. The molecule has 15 nitrogen and oxygen atoms in total. The van der Waals surface area contributed by atoms with E-state index in [-0.39, 0.29) is 80.9 Å². The average Bonchev–Trinajstić information content (AvgIpc) is 3.86. The summed E-state index contributed by atoms with van der Waals surface area (Å²) < 4.78 is 95.7. The van der Waals surface area contributed by atoms with E-state index in [4.69, 9.17) is 9.47 Å². The number of amides is 4. The summed E-state index contributed by atoms with van der Waals surface area (Å²) in [5.41, 5.74) is -3.38. The number of fused-ring (bicyclic) bond motifs is 3. The van der Waals surface area contributed by atoms with Gasteiger partial charge in [-0.3, -0.25) is 23.9 Å². The number of likely N-dealkylation sites (tertiary alicyclic amines) is 3. The molecule has 7 fully saturated rings. The second kappa shape index (κ2) is 17.7. The van der Waals surface area contributed by atoms with Gasteiger partial charge in [-0.1, -0.05) is 18.2 Å². The summed E-state index contributed by atoms with van der Waals surface area (Å²) in [7, 11) is 0. The number of carbonyl (C=O) groups excluding carboxylic acids is 4. The molecule has 0 radical (unpaired) electrons. The number of nitrogens with zero attached hydrogens (tertiary/aromatic N) is 6. The van der Waals surface area contributed by atoms with Crippen LogP contribution >= 0.6 is 0 Å². The predicted octanol–water partition coefficient (Wildman–Crippen LogP) is 5.54. The minimum absolute atomic E-state index is 0.00757. The molecule has 5 aliphatic heterocycles. The Morgan fingerprint density at radius 3 is 2.13 bits per heavy atom. The molecule has 2 N–H and O–H groups in total. The van der Waals surface area contributed by atoms with E-state index in [1.165, 1.54) is 46.4 Å². The molecule has 3 atom stereocenters. The third-order valence-electron chi connectivity index (χ3n) is 15.3. The van der Waals surface area contributed by atoms with Gasteiger partial charge in [0.2, 0.25) is 17.7 Å². The number of piperidine rings is 1. The first-order valence-corrected chi connectivity index (χ1v) is 23.0. The maximum Gasteiger partial charge on any atom is 0.416 e. The van der Waals surface area contributed by atoms with Gasteiger partial charge in [-0.25, -0.2) is 9.78 Å². The van der Waals surface area contributed by atoms with Gasteiger partial charge >= 0.3 is 18.3 Å². The molecule has 7 aliphatic rings. The zero-order chi connectivity index (χ0) is 48.4. The number of aromatic nitrogens is 3. The Morgan fingerprint density at radius 2 is 1.56 bits per heavy atom. The van der Waals surface area contributed by atoms with Crippen molar-refractivity contribution in [3.8, 4) is 0 Å². The summed E-state index contributed by atoms with van der Waals surface area (Å²) in [6, 6.07) is 6.42. The third-order valence-corrected chi connectivity index (χ3v) is 15.3. The lowest BCUT2D eigenvalue weighted by molar-refractivity contribution is -0.205. The third kappa shape index (κ3) is 9.19. The van der Waals surface area contributed by atoms with Crippen LogP contribution in [0.25, 0.3) is 0 Å². The van der Waals surface area contributed by atoms with Gasteiger partial charge in [0.1, 0.15) is 17.2 Å². The topological polar surface area (TPSA) is 176 Å². The summed E-state index contributed by atoms with van der Waals surface area (Å²) in [6.45, 7) is 2.39. The predicted molar refractivity (Wildman–Crippen MR) is 227 cm³/mol. The van der Waals surface area contributed by atoms with E-state index in [9.17, 15) is 55.4 Å². The first-order chi connectivity index (χ1) is 32.2. The van der Waals surface area contributed by atoms with E-state index in [0.29, 0.717) is 38.1 Å². The first kappa shape index (κ1) is 47.5. The van der Waals surface area contributed by atoms with Crippen LogP contribution in [0.3, 0.4) is 0 Å². The zero-order valence-electron chi connectivity index (χ0n) is 37.4. The second-order valence-corrected chi connectivity index (χ2v) is 19.9. The number of alkyl halides is 6. The number of ether oxygens (including phenoxy) is 2. The number of carboxylic acid groups (broad SMARTS) is 1. The SMILES string of the molecule is C[C@@H](OCC12CCC(CC1)OC2)[C@H](NC(=O)[C@@H]1CN(C(=O)c2cnn(Cc3ccc(C(F)(F)F)cc3)c2)CC12CN(C(=O)C1(C(F)(F)F)CC1)C2)C(=O)N1CCC(c2ccc(C(=O)O)nc2)CC1. The molecule has 2 bridgehead atoms. The number of rotatable bonds is 13. The second-order valence-electron chi connectivity index (χ2n) is 19.9. The van der Waals surface area contributed by atoms with Gasteiger partial charge in [-0.2, -0.15) is 31.4 Å². The van der Waals surface area contributed by atoms with Gasteiger partial charge in [0.05, 0.1) is 55.2 Å². The molecule has 21 heteroatoms. The van der Waals surface area contributed by atoms with Crippen molar-refractivity contribution >= 4 is 29.6 Å². The lowest BCUT2D eigenvalue weighted by Gasteiger charge is -2.51. The minimum atomic E-state index is -4.76. The fourth-order valence-corrected chi connectivity index (χ4v) is 10.9. The molecule has 0 unspecified atom stereocenters. The number of halogens is 6. The summed E-state index contributed by atoms with van der Waals surface area (Å²) in [5.74, 6) is -4.88. The molecule has 2 aromatic heterocycles. The van der Waals surface area contributed by atoms with Crippen LogP contribution in [0.5, 0.6) is 0 Å². The molecule has 7 heterocycles. The largest absolute Gasteiger partial charge is 0.477 e. The van der Waals surface area contributed by atoms with Crippen molar-refractivity contribution in [3.63, 3.8) is 0 Å². The van der Waals surface area contributed by atoms with Crippen LogP contribution in [0.4, 0.5) is 26.3 Å². The van der Waals surface area contributed by atoms with Gasteiger partial charge in [-0.05, 0) is 93.5 Å². The minimum Gasteiger partial charge on any atom is -0.477 e. The van der Waals surface area contributed by atoms with Crippen LogP contribution in [0.2, 0.25) is 0 Å². The quantitative estimate of drug-likeness (QED) is 0.207. The molecule has 5 saturated heterocycles. The average molecular weight is 958 g/mol. The molecule has 2 saturated carbocycles. The highest BCUT2D eigenvalue weighted by molar-refractivity contribution is 5.96. The Labute approximate surface area is 387 Å². The number of aromatic carboxylic acids is 1. The number of hydrogen-bond donors (Lipinski definition) is 2. The fraction of sp³-hybridized carbons (Fsp3) is 0.596. The van der Waals surface area contributed by atoms with Crippen LogP contribution < -0.4 is 5.32 Å². The summed E-state index contributed by atoms with van der Waals surface area (Å²) in [5, 5.41) is 16.5. The molecule has 4 amide bonds. The van der Waals surface area contributed by atoms with E-state index in [2.05, 4.69) is 15.4 Å². The van der Waals surface area contributed by atoms with Crippen LogP contribution in [-0.4, -0.2) is 141 Å². The van der Waals surface area contributed by atoms with Gasteiger partial charge in [0.25, 0.3) is 5.91 Å². The Kier molecular flexibility index (Phi) is 12.4. The number of carbonyl (C=O) groups is 5. The Balaban J connectivity index is 0.935. The van der Waals surface area contributed by atoms with Crippen LogP contribution in [0.15, 0.2) is 55.0 Å². The molecule has 3 aromatic rings. The number of carboxylic acids is 1. The van der Waals surface area contributed by atoms with Crippen molar-refractivity contribution in [1.29, 1.82) is 0 Å². The molecule has 68 heavy (non-hydrogen) atoms. The monoisotopic (exact) mass is 957 g/mol. The van der Waals surface area contributed by atoms with Crippen molar-refractivity contribution in [1.82, 2.24) is 34.8 Å². The van der Waals surface area contributed by atoms with Crippen molar-refractivity contribution in [2.75, 3.05) is 52.5 Å². The summed E-state index contributed by atoms with van der Waals surface area (Å²) in [4.78, 5) is 76.6. The molecule has 2 aliphatic carbocycles. The highest BCUT2D eigenvalue weighted by Gasteiger charge is 2.72. The van der Waals surface area contributed by atoms with E-state index in [0.717, 1.165) is 48.3 Å². The van der Waals surface area contributed by atoms with Gasteiger partial charge in [-0.15, -0.1) is 0 Å². The lowest BCUT2D eigenvalue weighted by Crippen LogP contribution is -2.67. The van der Waals surface area contributed by atoms with Crippen LogP contribution in [0, 0.1) is 22.2 Å². The number of hydrogen-bond acceptors (Lipinski definition) is 9. The highest BCUT2D eigenvalue weighted by atomic mass is 19.4. The maximum atomic E-state index is 14.8. The number of benzene rings is 1. The number of pyridine rings is 1. The molecule has 1 spiro atoms. The van der Waals surface area contributed by atoms with E-state index < -0.39 is 76.4 Å². The Hall–Kier alpha value is -5.57. The van der Waals surface area contributed by atoms with Gasteiger partial charge < -0.3 is 34.6 Å². The van der Waals surface area contributed by atoms with Crippen molar-refractivity contribution in [3.05, 3.63) is 82.9 Å².